The average molecular weight is 535 g/mol. The summed E-state index contributed by atoms with van der Waals surface area (Å²) < 4.78 is 0. The maximum absolute atomic E-state index is 4.54. The minimum absolute atomic E-state index is 1.08. The number of benzene rings is 6. The Kier molecular flexibility index (Phi) is 5.82. The highest BCUT2D eigenvalue weighted by molar-refractivity contribution is 6.21. The van der Waals surface area contributed by atoms with Gasteiger partial charge in [-0.15, -0.1) is 0 Å². The molecule has 0 unspecified atom stereocenters. The van der Waals surface area contributed by atoms with Gasteiger partial charge in [-0.2, -0.15) is 0 Å². The summed E-state index contributed by atoms with van der Waals surface area (Å²) >= 11 is 0. The highest BCUT2D eigenvalue weighted by atomic mass is 14.6. The van der Waals surface area contributed by atoms with E-state index in [2.05, 4.69) is 131 Å². The molecule has 0 atom stereocenters. The number of hydrogen-bond acceptors (Lipinski definition) is 2. The van der Waals surface area contributed by atoms with E-state index in [4.69, 9.17) is 0 Å². The van der Waals surface area contributed by atoms with Crippen LogP contribution in [0.15, 0.2) is 158 Å². The third-order valence-corrected chi connectivity index (χ3v) is 8.23. The van der Waals surface area contributed by atoms with Gasteiger partial charge in [0.05, 0.1) is 0 Å². The molecular weight excluding hydrogens is 508 g/mol. The van der Waals surface area contributed by atoms with Crippen molar-refractivity contribution in [1.82, 2.24) is 9.97 Å². The lowest BCUT2D eigenvalue weighted by Gasteiger charge is -2.18. The van der Waals surface area contributed by atoms with Crippen LogP contribution in [0.1, 0.15) is 0 Å². The average Bonchev–Trinajstić information content (AvgIpc) is 3.07. The number of nitrogens with zero attached hydrogens (tertiary/aromatic N) is 2. The summed E-state index contributed by atoms with van der Waals surface area (Å²) in [5, 5.41) is 7.56. The van der Waals surface area contributed by atoms with Crippen LogP contribution < -0.4 is 0 Å². The lowest BCUT2D eigenvalue weighted by atomic mass is 9.85. The van der Waals surface area contributed by atoms with Crippen LogP contribution >= 0.6 is 0 Å². The topological polar surface area (TPSA) is 25.8 Å². The van der Waals surface area contributed by atoms with Crippen molar-refractivity contribution < 1.29 is 0 Å². The molecule has 2 nitrogen and oxygen atoms in total. The molecule has 8 rings (SSSR count). The van der Waals surface area contributed by atoms with Crippen LogP contribution in [-0.4, -0.2) is 9.97 Å². The van der Waals surface area contributed by atoms with E-state index >= 15 is 0 Å². The van der Waals surface area contributed by atoms with E-state index in [1.54, 1.807) is 0 Å². The molecule has 0 N–H and O–H groups in total. The van der Waals surface area contributed by atoms with Gasteiger partial charge in [-0.25, -0.2) is 0 Å². The first kappa shape index (κ1) is 24.2. The monoisotopic (exact) mass is 534 g/mol. The minimum atomic E-state index is 1.08. The van der Waals surface area contributed by atoms with Crippen LogP contribution in [0, 0.1) is 0 Å². The molecular formula is C40H26N2. The Morgan fingerprint density at radius 3 is 1.40 bits per heavy atom. The quantitative estimate of drug-likeness (QED) is 0.210. The summed E-state index contributed by atoms with van der Waals surface area (Å²) in [6, 6.07) is 48.2. The van der Waals surface area contributed by atoms with Crippen molar-refractivity contribution in [1.29, 1.82) is 0 Å². The summed E-state index contributed by atoms with van der Waals surface area (Å²) in [4.78, 5) is 8.68. The zero-order chi connectivity index (χ0) is 27.9. The summed E-state index contributed by atoms with van der Waals surface area (Å²) in [7, 11) is 0. The van der Waals surface area contributed by atoms with E-state index < -0.39 is 0 Å². The van der Waals surface area contributed by atoms with Gasteiger partial charge >= 0.3 is 0 Å². The maximum Gasteiger partial charge on any atom is 0.0346 e. The molecule has 0 spiro atoms. The highest BCUT2D eigenvalue weighted by Crippen LogP contribution is 2.44. The standard InChI is InChI=1S/C40H26N2/c1-2-8-31-23-32(18-15-27(31)7-1)40-37-11-5-3-9-35(37)39(36-10-4-6-12-38(36)40)30-16-13-28(14-17-30)33-24-34(26-42-25-33)29-19-21-41-22-20-29/h1-26H. The predicted octanol–water partition coefficient (Wildman–Crippen LogP) is 10.6. The molecule has 42 heavy (non-hydrogen) atoms. The molecule has 0 bridgehead atoms. The Labute approximate surface area is 244 Å². The SMILES string of the molecule is c1ccc2cc(-c3c4ccccc4c(-c4ccc(-c5cncc(-c6ccncc6)c5)cc4)c4ccccc34)ccc2c1. The molecule has 0 amide bonds. The molecule has 0 aliphatic carbocycles. The summed E-state index contributed by atoms with van der Waals surface area (Å²) in [5.74, 6) is 0. The van der Waals surface area contributed by atoms with E-state index in [-0.39, 0.29) is 0 Å². The molecule has 2 heterocycles. The number of rotatable bonds is 4. The third-order valence-electron chi connectivity index (χ3n) is 8.23. The van der Waals surface area contributed by atoms with Crippen LogP contribution in [0.25, 0.3) is 76.8 Å². The molecule has 0 fully saturated rings. The van der Waals surface area contributed by atoms with Crippen LogP contribution in [-0.2, 0) is 0 Å². The van der Waals surface area contributed by atoms with Crippen molar-refractivity contribution in [3.63, 3.8) is 0 Å². The second-order valence-electron chi connectivity index (χ2n) is 10.7. The van der Waals surface area contributed by atoms with Gasteiger partial charge in [0.15, 0.2) is 0 Å². The Morgan fingerprint density at radius 1 is 0.310 bits per heavy atom. The van der Waals surface area contributed by atoms with Crippen molar-refractivity contribution >= 4 is 32.3 Å². The van der Waals surface area contributed by atoms with Crippen LogP contribution in [0.2, 0.25) is 0 Å². The van der Waals surface area contributed by atoms with E-state index in [1.807, 2.05) is 36.9 Å². The first-order valence-corrected chi connectivity index (χ1v) is 14.2. The van der Waals surface area contributed by atoms with Gasteiger partial charge in [0, 0.05) is 35.9 Å². The van der Waals surface area contributed by atoms with E-state index in [1.165, 1.54) is 54.6 Å². The van der Waals surface area contributed by atoms with E-state index in [9.17, 15) is 0 Å². The van der Waals surface area contributed by atoms with Crippen LogP contribution in [0.5, 0.6) is 0 Å². The Hall–Kier alpha value is -5.60. The van der Waals surface area contributed by atoms with Crippen LogP contribution in [0.4, 0.5) is 0 Å². The van der Waals surface area contributed by atoms with Gasteiger partial charge in [0.25, 0.3) is 0 Å². The van der Waals surface area contributed by atoms with Gasteiger partial charge in [-0.1, -0.05) is 109 Å². The first-order valence-electron chi connectivity index (χ1n) is 14.2. The molecule has 6 aromatic carbocycles. The normalized spacial score (nSPS) is 11.3. The summed E-state index contributed by atoms with van der Waals surface area (Å²) in [5.41, 5.74) is 9.42. The molecule has 2 aromatic heterocycles. The van der Waals surface area contributed by atoms with Crippen molar-refractivity contribution in [2.75, 3.05) is 0 Å². The zero-order valence-corrected chi connectivity index (χ0v) is 22.9. The molecule has 8 aromatic rings. The van der Waals surface area contributed by atoms with Crippen molar-refractivity contribution in [3.8, 4) is 44.5 Å². The molecule has 0 aliphatic rings. The fraction of sp³-hybridized carbons (Fsp3) is 0. The lowest BCUT2D eigenvalue weighted by molar-refractivity contribution is 1.30. The molecule has 0 saturated carbocycles. The van der Waals surface area contributed by atoms with Crippen LogP contribution in [0.3, 0.4) is 0 Å². The lowest BCUT2D eigenvalue weighted by Crippen LogP contribution is -1.91. The van der Waals surface area contributed by atoms with Gasteiger partial charge in [0.1, 0.15) is 0 Å². The first-order chi connectivity index (χ1) is 20.8. The number of aromatic nitrogens is 2. The van der Waals surface area contributed by atoms with E-state index in [0.29, 0.717) is 0 Å². The van der Waals surface area contributed by atoms with Gasteiger partial charge in [-0.05, 0) is 90.0 Å². The predicted molar refractivity (Wildman–Crippen MR) is 176 cm³/mol. The number of hydrogen-bond donors (Lipinski definition) is 0. The Bertz CT molecular complexity index is 2180. The molecule has 196 valence electrons. The Balaban J connectivity index is 1.29. The molecule has 0 saturated heterocycles. The second-order valence-corrected chi connectivity index (χ2v) is 10.7. The Morgan fingerprint density at radius 2 is 0.786 bits per heavy atom. The highest BCUT2D eigenvalue weighted by Gasteiger charge is 2.17. The number of pyridine rings is 2. The largest absolute Gasteiger partial charge is 0.265 e. The molecule has 0 radical (unpaired) electrons. The maximum atomic E-state index is 4.54. The summed E-state index contributed by atoms with van der Waals surface area (Å²) in [6.45, 7) is 0. The third kappa shape index (κ3) is 4.13. The smallest absolute Gasteiger partial charge is 0.0346 e. The van der Waals surface area contributed by atoms with E-state index in [0.717, 1.165) is 22.3 Å². The van der Waals surface area contributed by atoms with Gasteiger partial charge in [0.2, 0.25) is 0 Å². The zero-order valence-electron chi connectivity index (χ0n) is 22.9. The van der Waals surface area contributed by atoms with Crippen molar-refractivity contribution in [2.24, 2.45) is 0 Å². The molecule has 0 aliphatic heterocycles. The minimum Gasteiger partial charge on any atom is -0.265 e. The molecule has 2 heteroatoms. The van der Waals surface area contributed by atoms with Crippen molar-refractivity contribution in [3.05, 3.63) is 158 Å². The fourth-order valence-corrected chi connectivity index (χ4v) is 6.22. The number of fused-ring (bicyclic) bond motifs is 3. The van der Waals surface area contributed by atoms with Crippen molar-refractivity contribution in [2.45, 2.75) is 0 Å². The van der Waals surface area contributed by atoms with Gasteiger partial charge in [-0.3, -0.25) is 9.97 Å². The fourth-order valence-electron chi connectivity index (χ4n) is 6.22. The van der Waals surface area contributed by atoms with Gasteiger partial charge < -0.3 is 0 Å². The summed E-state index contributed by atoms with van der Waals surface area (Å²) in [6.07, 6.45) is 7.47. The second kappa shape index (κ2) is 10.1.